The van der Waals surface area contributed by atoms with Crippen molar-refractivity contribution < 1.29 is 8.96 Å². The van der Waals surface area contributed by atoms with E-state index in [1.165, 1.54) is 12.1 Å². The number of benzene rings is 3. The van der Waals surface area contributed by atoms with E-state index >= 15 is 0 Å². The van der Waals surface area contributed by atoms with Gasteiger partial charge in [-0.15, -0.1) is 0 Å². The molecule has 33 heavy (non-hydrogen) atoms. The topological polar surface area (TPSA) is 62.5 Å². The molecule has 0 radical (unpaired) electrons. The predicted molar refractivity (Wildman–Crippen MR) is 131 cm³/mol. The number of fused-ring (bicyclic) bond motifs is 1. The van der Waals surface area contributed by atoms with Crippen LogP contribution in [0.15, 0.2) is 83.9 Å². The minimum absolute atomic E-state index is 0.343. The van der Waals surface area contributed by atoms with E-state index < -0.39 is 7.44 Å². The maximum atomic E-state index is 14.8. The Morgan fingerprint density at radius 1 is 0.909 bits per heavy atom. The molecule has 5 rings (SSSR count). The number of halogens is 1. The summed E-state index contributed by atoms with van der Waals surface area (Å²) in [4.78, 5) is 4.88. The van der Waals surface area contributed by atoms with Gasteiger partial charge in [0.15, 0.2) is 5.82 Å². The summed E-state index contributed by atoms with van der Waals surface area (Å²) >= 11 is 0. The Kier molecular flexibility index (Phi) is 5.14. The summed E-state index contributed by atoms with van der Waals surface area (Å²) in [7, 11) is -1.68. The van der Waals surface area contributed by atoms with E-state index in [0.717, 1.165) is 16.9 Å². The van der Waals surface area contributed by atoms with E-state index in [-0.39, 0.29) is 5.82 Å². The molecule has 1 N–H and O–H groups in total. The molecule has 0 amide bonds. The van der Waals surface area contributed by atoms with Gasteiger partial charge in [-0.05, 0) is 62.4 Å². The average Bonchev–Trinajstić information content (AvgIpc) is 3.16. The van der Waals surface area contributed by atoms with Crippen molar-refractivity contribution in [1.82, 2.24) is 14.5 Å². The largest absolute Gasteiger partial charge is 0.317 e. The Labute approximate surface area is 191 Å². The highest BCUT2D eigenvalue weighted by Crippen LogP contribution is 2.54. The van der Waals surface area contributed by atoms with E-state index in [4.69, 9.17) is 10.1 Å². The predicted octanol–water partition coefficient (Wildman–Crippen LogP) is 5.58. The van der Waals surface area contributed by atoms with Crippen LogP contribution in [0.5, 0.6) is 0 Å². The summed E-state index contributed by atoms with van der Waals surface area (Å²) in [5.74, 6) is 0.631. The number of aryl methyl sites for hydroxylation is 2. The molecule has 4 aromatic rings. The molecule has 1 aliphatic rings. The molecule has 0 fully saturated rings. The van der Waals surface area contributed by atoms with Gasteiger partial charge in [0.25, 0.3) is 7.44 Å². The van der Waals surface area contributed by atoms with Crippen LogP contribution >= 0.6 is 7.44 Å². The fourth-order valence-electron chi connectivity index (χ4n) is 3.95. The monoisotopic (exact) mass is 459 g/mol. The van der Waals surface area contributed by atoms with Gasteiger partial charge >= 0.3 is 0 Å². The standard InChI is InChI=1S/C25H23FN5OP/c1-17-9-15-21(16-10-17)29-33(32)23-18(2)28-31(22-7-5-4-6-8-22)25(23)27-24(30(33)3)19-11-13-20(26)14-12-19/h4-16H,1-3H3,(H,29,32)/t33-/m0/s1. The summed E-state index contributed by atoms with van der Waals surface area (Å²) in [5.41, 5.74) is 3.95. The summed E-state index contributed by atoms with van der Waals surface area (Å²) in [6, 6.07) is 23.4. The van der Waals surface area contributed by atoms with Crippen LogP contribution in [0.25, 0.3) is 5.69 Å². The molecule has 2 heterocycles. The first-order valence-electron chi connectivity index (χ1n) is 10.6. The van der Waals surface area contributed by atoms with Gasteiger partial charge in [0.1, 0.15) is 17.0 Å². The summed E-state index contributed by atoms with van der Waals surface area (Å²) < 4.78 is 31.8. The number of anilines is 1. The third kappa shape index (κ3) is 3.64. The molecule has 0 spiro atoms. The molecule has 0 saturated carbocycles. The van der Waals surface area contributed by atoms with Crippen molar-refractivity contribution in [3.05, 3.63) is 102 Å². The highest BCUT2D eigenvalue weighted by molar-refractivity contribution is 7.72. The second kappa shape index (κ2) is 8.01. The quantitative estimate of drug-likeness (QED) is 0.405. The van der Waals surface area contributed by atoms with Crippen molar-refractivity contribution >= 4 is 30.1 Å². The smallest absolute Gasteiger partial charge is 0.296 e. The zero-order chi connectivity index (χ0) is 23.2. The summed E-state index contributed by atoms with van der Waals surface area (Å²) in [5, 5.41) is 8.54. The van der Waals surface area contributed by atoms with Crippen molar-refractivity contribution in [1.29, 1.82) is 0 Å². The lowest BCUT2D eigenvalue weighted by Gasteiger charge is -2.35. The SMILES string of the molecule is Cc1ccc(N[P@@]2(=O)c3c(C)nn(-c4ccccc4)c3N=C(c3ccc(F)cc3)N2C)cc1. The second-order valence-corrected chi connectivity index (χ2v) is 10.4. The first kappa shape index (κ1) is 21.2. The molecule has 3 aromatic carbocycles. The Balaban J connectivity index is 1.74. The third-order valence-electron chi connectivity index (χ3n) is 5.68. The van der Waals surface area contributed by atoms with E-state index in [1.54, 1.807) is 28.5 Å². The molecule has 166 valence electrons. The van der Waals surface area contributed by atoms with Crippen LogP contribution in [0.1, 0.15) is 16.8 Å². The molecule has 1 atom stereocenters. The van der Waals surface area contributed by atoms with E-state index in [2.05, 4.69) is 5.09 Å². The minimum atomic E-state index is -3.43. The van der Waals surface area contributed by atoms with Crippen molar-refractivity contribution in [2.75, 3.05) is 12.1 Å². The fourth-order valence-corrected chi connectivity index (χ4v) is 6.34. The molecule has 0 aliphatic carbocycles. The Hall–Kier alpha value is -3.70. The third-order valence-corrected chi connectivity index (χ3v) is 8.41. The van der Waals surface area contributed by atoms with Crippen LogP contribution in [-0.2, 0) is 4.57 Å². The number of nitrogens with one attached hydrogen (secondary N) is 1. The minimum Gasteiger partial charge on any atom is -0.317 e. The molecule has 0 bridgehead atoms. The van der Waals surface area contributed by atoms with Crippen LogP contribution in [0.2, 0.25) is 0 Å². The summed E-state index contributed by atoms with van der Waals surface area (Å²) in [6.45, 7) is 3.85. The Bertz CT molecular complexity index is 1400. The number of amidine groups is 1. The molecule has 6 nitrogen and oxygen atoms in total. The van der Waals surface area contributed by atoms with Crippen molar-refractivity contribution in [3.63, 3.8) is 0 Å². The number of rotatable bonds is 4. The highest BCUT2D eigenvalue weighted by atomic mass is 31.2. The maximum absolute atomic E-state index is 14.8. The van der Waals surface area contributed by atoms with Gasteiger partial charge in [0.05, 0.1) is 11.4 Å². The second-order valence-electron chi connectivity index (χ2n) is 8.02. The molecule has 1 aliphatic heterocycles. The fraction of sp³-hybridized carbons (Fsp3) is 0.120. The zero-order valence-electron chi connectivity index (χ0n) is 18.5. The van der Waals surface area contributed by atoms with Gasteiger partial charge in [-0.25, -0.2) is 14.1 Å². The van der Waals surface area contributed by atoms with Gasteiger partial charge in [0.2, 0.25) is 0 Å². The van der Waals surface area contributed by atoms with Crippen LogP contribution in [0.4, 0.5) is 15.9 Å². The lowest BCUT2D eigenvalue weighted by atomic mass is 10.2. The first-order chi connectivity index (χ1) is 15.9. The van der Waals surface area contributed by atoms with E-state index in [1.807, 2.05) is 68.4 Å². The normalized spacial score (nSPS) is 17.5. The molecular weight excluding hydrogens is 436 g/mol. The van der Waals surface area contributed by atoms with Crippen LogP contribution < -0.4 is 10.4 Å². The van der Waals surface area contributed by atoms with Crippen molar-refractivity contribution in [2.24, 2.45) is 4.99 Å². The van der Waals surface area contributed by atoms with Crippen molar-refractivity contribution in [3.8, 4) is 5.69 Å². The number of hydrogen-bond acceptors (Lipinski definition) is 3. The zero-order valence-corrected chi connectivity index (χ0v) is 19.4. The van der Waals surface area contributed by atoms with Gasteiger partial charge in [-0.3, -0.25) is 9.24 Å². The lowest BCUT2D eigenvalue weighted by molar-refractivity contribution is 0.553. The first-order valence-corrected chi connectivity index (χ1v) is 12.2. The molecule has 0 saturated heterocycles. The molecule has 1 aromatic heterocycles. The Morgan fingerprint density at radius 2 is 1.58 bits per heavy atom. The summed E-state index contributed by atoms with van der Waals surface area (Å²) in [6.07, 6.45) is 0. The van der Waals surface area contributed by atoms with Gasteiger partial charge in [-0.1, -0.05) is 35.9 Å². The number of hydrogen-bond donors (Lipinski definition) is 1. The lowest BCUT2D eigenvalue weighted by Crippen LogP contribution is -2.36. The average molecular weight is 459 g/mol. The van der Waals surface area contributed by atoms with Crippen LogP contribution in [-0.4, -0.2) is 27.3 Å². The van der Waals surface area contributed by atoms with Crippen LogP contribution in [0.3, 0.4) is 0 Å². The van der Waals surface area contributed by atoms with E-state index in [0.29, 0.717) is 28.2 Å². The number of nitrogens with zero attached hydrogens (tertiary/aromatic N) is 4. The van der Waals surface area contributed by atoms with Gasteiger partial charge in [-0.2, -0.15) is 5.10 Å². The van der Waals surface area contributed by atoms with Gasteiger partial charge in [0, 0.05) is 18.3 Å². The maximum Gasteiger partial charge on any atom is 0.296 e. The molecule has 8 heteroatoms. The van der Waals surface area contributed by atoms with E-state index in [9.17, 15) is 8.96 Å². The number of aliphatic imine (C=N–C) groups is 1. The molecular formula is C25H23FN5OP. The Morgan fingerprint density at radius 3 is 2.24 bits per heavy atom. The van der Waals surface area contributed by atoms with Crippen LogP contribution in [0, 0.1) is 19.7 Å². The van der Waals surface area contributed by atoms with Crippen molar-refractivity contribution in [2.45, 2.75) is 13.8 Å². The number of para-hydroxylation sites is 1. The number of aromatic nitrogens is 2. The van der Waals surface area contributed by atoms with Gasteiger partial charge < -0.3 is 5.09 Å². The highest BCUT2D eigenvalue weighted by Gasteiger charge is 2.43. The molecule has 0 unspecified atom stereocenters.